The van der Waals surface area contributed by atoms with Gasteiger partial charge in [-0.05, 0) is 24.5 Å². The summed E-state index contributed by atoms with van der Waals surface area (Å²) in [5.74, 6) is 0.625. The van der Waals surface area contributed by atoms with Gasteiger partial charge in [0.05, 0.1) is 7.11 Å². The van der Waals surface area contributed by atoms with E-state index in [1.807, 2.05) is 0 Å². The fraction of sp³-hybridized carbons (Fsp3) is 0.400. The number of phenols is 1. The number of aryl methyl sites for hydroxylation is 1. The van der Waals surface area contributed by atoms with E-state index in [1.54, 1.807) is 12.1 Å². The van der Waals surface area contributed by atoms with E-state index in [2.05, 4.69) is 15.9 Å². The zero-order valence-corrected chi connectivity index (χ0v) is 10.2. The Hall–Kier alpha value is -0.410. The van der Waals surface area contributed by atoms with Crippen LogP contribution in [0.15, 0.2) is 12.1 Å². The molecule has 0 heterocycles. The molecule has 14 heavy (non-hydrogen) atoms. The molecule has 2 nitrogen and oxygen atoms in total. The molecule has 0 aromatic heterocycles. The molecule has 0 bridgehead atoms. The lowest BCUT2D eigenvalue weighted by molar-refractivity contribution is 0.370. The Morgan fingerprint density at radius 3 is 2.79 bits per heavy atom. The van der Waals surface area contributed by atoms with E-state index in [0.717, 1.165) is 23.7 Å². The minimum atomic E-state index is 0.192. The Balaban J connectivity index is 2.96. The van der Waals surface area contributed by atoms with Crippen molar-refractivity contribution in [2.45, 2.75) is 12.8 Å². The van der Waals surface area contributed by atoms with Gasteiger partial charge in [0.25, 0.3) is 0 Å². The Bertz CT molecular complexity index is 315. The number of ether oxygens (including phenoxy) is 1. The lowest BCUT2D eigenvalue weighted by Gasteiger charge is -2.09. The van der Waals surface area contributed by atoms with Crippen molar-refractivity contribution in [3.8, 4) is 11.5 Å². The van der Waals surface area contributed by atoms with Crippen molar-refractivity contribution in [3.63, 3.8) is 0 Å². The second-order valence-corrected chi connectivity index (χ2v) is 4.14. The van der Waals surface area contributed by atoms with Crippen molar-refractivity contribution in [1.82, 2.24) is 0 Å². The monoisotopic (exact) mass is 278 g/mol. The third kappa shape index (κ3) is 2.79. The molecule has 1 aromatic rings. The van der Waals surface area contributed by atoms with Gasteiger partial charge in [0, 0.05) is 16.4 Å². The molecular formula is C10H12BrClO2. The van der Waals surface area contributed by atoms with E-state index in [4.69, 9.17) is 16.3 Å². The number of phenolic OH excluding ortho intramolecular Hbond substituents is 1. The van der Waals surface area contributed by atoms with Gasteiger partial charge >= 0.3 is 0 Å². The van der Waals surface area contributed by atoms with Crippen molar-refractivity contribution < 1.29 is 9.84 Å². The lowest BCUT2D eigenvalue weighted by Crippen LogP contribution is -1.91. The highest BCUT2D eigenvalue weighted by atomic mass is 79.9. The van der Waals surface area contributed by atoms with Gasteiger partial charge in [-0.15, -0.1) is 0 Å². The van der Waals surface area contributed by atoms with Crippen molar-refractivity contribution in [2.24, 2.45) is 0 Å². The molecule has 0 radical (unpaired) electrons. The molecule has 0 aliphatic heterocycles. The maximum atomic E-state index is 9.74. The van der Waals surface area contributed by atoms with Crippen LogP contribution in [-0.2, 0) is 6.42 Å². The number of hydrogen-bond donors (Lipinski definition) is 1. The van der Waals surface area contributed by atoms with Crippen molar-refractivity contribution >= 4 is 27.5 Å². The molecule has 1 aromatic carbocycles. The standard InChI is InChI=1S/C10H12BrClO2/c1-14-9-6-8(12)5-7(10(9)13)3-2-4-11/h5-6,13H,2-4H2,1H3. The predicted molar refractivity (Wildman–Crippen MR) is 61.8 cm³/mol. The van der Waals surface area contributed by atoms with E-state index in [-0.39, 0.29) is 5.75 Å². The Morgan fingerprint density at radius 2 is 2.21 bits per heavy atom. The van der Waals surface area contributed by atoms with Crippen LogP contribution in [0, 0.1) is 0 Å². The molecule has 1 rings (SSSR count). The highest BCUT2D eigenvalue weighted by Gasteiger charge is 2.09. The molecule has 0 amide bonds. The zero-order valence-electron chi connectivity index (χ0n) is 7.89. The topological polar surface area (TPSA) is 29.5 Å². The van der Waals surface area contributed by atoms with Gasteiger partial charge in [-0.25, -0.2) is 0 Å². The molecule has 1 N–H and O–H groups in total. The van der Waals surface area contributed by atoms with Crippen LogP contribution in [0.25, 0.3) is 0 Å². The van der Waals surface area contributed by atoms with E-state index in [1.165, 1.54) is 7.11 Å². The highest BCUT2D eigenvalue weighted by Crippen LogP contribution is 2.34. The molecule has 4 heteroatoms. The number of rotatable bonds is 4. The fourth-order valence-electron chi connectivity index (χ4n) is 1.23. The number of halogens is 2. The summed E-state index contributed by atoms with van der Waals surface area (Å²) in [6.07, 6.45) is 1.74. The summed E-state index contributed by atoms with van der Waals surface area (Å²) in [5, 5.41) is 11.2. The summed E-state index contributed by atoms with van der Waals surface area (Å²) in [6.45, 7) is 0. The van der Waals surface area contributed by atoms with Crippen LogP contribution in [0.5, 0.6) is 11.5 Å². The molecular weight excluding hydrogens is 267 g/mol. The number of methoxy groups -OCH3 is 1. The predicted octanol–water partition coefficient (Wildman–Crippen LogP) is 3.38. The average molecular weight is 280 g/mol. The van der Waals surface area contributed by atoms with Crippen LogP contribution in [0.1, 0.15) is 12.0 Å². The largest absolute Gasteiger partial charge is 0.504 e. The van der Waals surface area contributed by atoms with E-state index in [9.17, 15) is 5.11 Å². The van der Waals surface area contributed by atoms with Crippen LogP contribution in [0.3, 0.4) is 0 Å². The summed E-state index contributed by atoms with van der Waals surface area (Å²) < 4.78 is 5.00. The molecule has 0 fully saturated rings. The minimum Gasteiger partial charge on any atom is -0.504 e. The maximum Gasteiger partial charge on any atom is 0.162 e. The Kier molecular flexibility index (Phi) is 4.55. The third-order valence-corrected chi connectivity index (χ3v) is 2.70. The van der Waals surface area contributed by atoms with Gasteiger partial charge in [-0.3, -0.25) is 0 Å². The van der Waals surface area contributed by atoms with Crippen LogP contribution in [0.2, 0.25) is 5.02 Å². The van der Waals surface area contributed by atoms with Gasteiger partial charge in [-0.2, -0.15) is 0 Å². The maximum absolute atomic E-state index is 9.74. The van der Waals surface area contributed by atoms with Crippen molar-refractivity contribution in [3.05, 3.63) is 22.7 Å². The molecule has 78 valence electrons. The second-order valence-electron chi connectivity index (χ2n) is 2.91. The van der Waals surface area contributed by atoms with E-state index in [0.29, 0.717) is 10.8 Å². The number of benzene rings is 1. The first-order chi connectivity index (χ1) is 6.69. The number of aromatic hydroxyl groups is 1. The average Bonchev–Trinajstić information content (AvgIpc) is 2.18. The van der Waals surface area contributed by atoms with Crippen molar-refractivity contribution in [2.75, 3.05) is 12.4 Å². The summed E-state index contributed by atoms with van der Waals surface area (Å²) in [7, 11) is 1.51. The van der Waals surface area contributed by atoms with Gasteiger partial charge < -0.3 is 9.84 Å². The highest BCUT2D eigenvalue weighted by molar-refractivity contribution is 9.09. The fourth-order valence-corrected chi connectivity index (χ4v) is 1.74. The normalized spacial score (nSPS) is 10.2. The van der Waals surface area contributed by atoms with Crippen LogP contribution in [0.4, 0.5) is 0 Å². The van der Waals surface area contributed by atoms with E-state index < -0.39 is 0 Å². The zero-order chi connectivity index (χ0) is 10.6. The molecule has 0 aliphatic rings. The third-order valence-electron chi connectivity index (χ3n) is 1.92. The number of alkyl halides is 1. The SMILES string of the molecule is COc1cc(Cl)cc(CCCBr)c1O. The molecule has 0 aliphatic carbocycles. The van der Waals surface area contributed by atoms with Gasteiger partial charge in [-0.1, -0.05) is 27.5 Å². The van der Waals surface area contributed by atoms with Gasteiger partial charge in [0.1, 0.15) is 0 Å². The van der Waals surface area contributed by atoms with E-state index >= 15 is 0 Å². The minimum absolute atomic E-state index is 0.192. The lowest BCUT2D eigenvalue weighted by atomic mass is 10.1. The second kappa shape index (κ2) is 5.47. The van der Waals surface area contributed by atoms with Crippen LogP contribution < -0.4 is 4.74 Å². The summed E-state index contributed by atoms with van der Waals surface area (Å²) in [6, 6.07) is 3.37. The Labute approximate surface area is 97.0 Å². The van der Waals surface area contributed by atoms with Gasteiger partial charge in [0.2, 0.25) is 0 Å². The smallest absolute Gasteiger partial charge is 0.162 e. The quantitative estimate of drug-likeness (QED) is 0.856. The molecule has 0 spiro atoms. The van der Waals surface area contributed by atoms with Crippen LogP contribution in [-0.4, -0.2) is 17.5 Å². The van der Waals surface area contributed by atoms with Crippen molar-refractivity contribution in [1.29, 1.82) is 0 Å². The first-order valence-corrected chi connectivity index (χ1v) is 5.80. The molecule has 0 saturated heterocycles. The summed E-state index contributed by atoms with van der Waals surface area (Å²) in [5.41, 5.74) is 0.828. The summed E-state index contributed by atoms with van der Waals surface area (Å²) >= 11 is 9.22. The molecule has 0 saturated carbocycles. The number of hydrogen-bond acceptors (Lipinski definition) is 2. The Morgan fingerprint density at radius 1 is 1.50 bits per heavy atom. The summed E-state index contributed by atoms with van der Waals surface area (Å²) in [4.78, 5) is 0. The first-order valence-electron chi connectivity index (χ1n) is 4.30. The van der Waals surface area contributed by atoms with Gasteiger partial charge in [0.15, 0.2) is 11.5 Å². The first kappa shape index (κ1) is 11.7. The molecule has 0 unspecified atom stereocenters. The molecule has 0 atom stereocenters. The van der Waals surface area contributed by atoms with Crippen LogP contribution >= 0.6 is 27.5 Å².